The number of phenolic OH excluding ortho intramolecular Hbond substituents is 1. The lowest BCUT2D eigenvalue weighted by Crippen LogP contribution is -2.40. The second kappa shape index (κ2) is 5.48. The molecular formula is C16H21N3O2. The highest BCUT2D eigenvalue weighted by Crippen LogP contribution is 2.38. The molecule has 1 saturated carbocycles. The first kappa shape index (κ1) is 14.1. The van der Waals surface area contributed by atoms with E-state index < -0.39 is 5.54 Å². The molecule has 0 atom stereocenters. The standard InChI is InChI=1S/C16H21N3O2/c1-2-11-7-9-16(17,10-8-11)15-18-14(19-21-15)12-3-5-13(20)6-4-12/h3-6,11,20H,2,7-10,17H2,1H3. The van der Waals surface area contributed by atoms with E-state index >= 15 is 0 Å². The van der Waals surface area contributed by atoms with E-state index in [1.165, 1.54) is 6.42 Å². The van der Waals surface area contributed by atoms with Gasteiger partial charge in [-0.15, -0.1) is 0 Å². The zero-order valence-electron chi connectivity index (χ0n) is 12.2. The maximum atomic E-state index is 9.32. The summed E-state index contributed by atoms with van der Waals surface area (Å²) in [6.45, 7) is 2.23. The molecule has 1 aliphatic carbocycles. The van der Waals surface area contributed by atoms with Gasteiger partial charge in [-0.25, -0.2) is 0 Å². The molecular weight excluding hydrogens is 266 g/mol. The average molecular weight is 287 g/mol. The number of aromatic nitrogens is 2. The predicted molar refractivity (Wildman–Crippen MR) is 79.5 cm³/mol. The number of phenols is 1. The lowest BCUT2D eigenvalue weighted by molar-refractivity contribution is 0.181. The van der Waals surface area contributed by atoms with Gasteiger partial charge in [-0.2, -0.15) is 4.98 Å². The zero-order chi connectivity index (χ0) is 14.9. The first-order valence-corrected chi connectivity index (χ1v) is 7.53. The van der Waals surface area contributed by atoms with E-state index in [1.54, 1.807) is 24.3 Å². The minimum atomic E-state index is -0.492. The fraction of sp³-hybridized carbons (Fsp3) is 0.500. The van der Waals surface area contributed by atoms with Crippen LogP contribution in [0, 0.1) is 5.92 Å². The zero-order valence-corrected chi connectivity index (χ0v) is 12.2. The summed E-state index contributed by atoms with van der Waals surface area (Å²) in [4.78, 5) is 4.47. The molecule has 0 spiro atoms. The van der Waals surface area contributed by atoms with Gasteiger partial charge in [0.2, 0.25) is 11.7 Å². The second-order valence-corrected chi connectivity index (χ2v) is 5.98. The molecule has 1 aromatic heterocycles. The van der Waals surface area contributed by atoms with Crippen LogP contribution < -0.4 is 5.73 Å². The second-order valence-electron chi connectivity index (χ2n) is 5.98. The van der Waals surface area contributed by atoms with Crippen molar-refractivity contribution in [1.29, 1.82) is 0 Å². The molecule has 5 nitrogen and oxygen atoms in total. The van der Waals surface area contributed by atoms with Crippen molar-refractivity contribution in [1.82, 2.24) is 10.1 Å². The highest BCUT2D eigenvalue weighted by atomic mass is 16.5. The summed E-state index contributed by atoms with van der Waals surface area (Å²) < 4.78 is 5.41. The quantitative estimate of drug-likeness (QED) is 0.905. The summed E-state index contributed by atoms with van der Waals surface area (Å²) in [6.07, 6.45) is 5.22. The molecule has 21 heavy (non-hydrogen) atoms. The van der Waals surface area contributed by atoms with Crippen molar-refractivity contribution in [2.75, 3.05) is 0 Å². The van der Waals surface area contributed by atoms with Gasteiger partial charge in [0.15, 0.2) is 0 Å². The van der Waals surface area contributed by atoms with Gasteiger partial charge in [-0.1, -0.05) is 18.5 Å². The van der Waals surface area contributed by atoms with Crippen LogP contribution in [0.25, 0.3) is 11.4 Å². The van der Waals surface area contributed by atoms with Crippen molar-refractivity contribution in [3.8, 4) is 17.1 Å². The van der Waals surface area contributed by atoms with Crippen molar-refractivity contribution in [3.63, 3.8) is 0 Å². The van der Waals surface area contributed by atoms with Gasteiger partial charge in [0.25, 0.3) is 0 Å². The Morgan fingerprint density at radius 2 is 1.95 bits per heavy atom. The lowest BCUT2D eigenvalue weighted by Gasteiger charge is -2.33. The van der Waals surface area contributed by atoms with Crippen LogP contribution in [-0.2, 0) is 5.54 Å². The Bertz CT molecular complexity index is 598. The van der Waals surface area contributed by atoms with Crippen LogP contribution in [0.3, 0.4) is 0 Å². The first-order chi connectivity index (χ1) is 10.1. The first-order valence-electron chi connectivity index (χ1n) is 7.53. The average Bonchev–Trinajstić information content (AvgIpc) is 2.99. The Hall–Kier alpha value is -1.88. The van der Waals surface area contributed by atoms with Crippen molar-refractivity contribution >= 4 is 0 Å². The molecule has 1 aromatic carbocycles. The fourth-order valence-corrected chi connectivity index (χ4v) is 2.97. The minimum Gasteiger partial charge on any atom is -0.508 e. The third-order valence-corrected chi connectivity index (χ3v) is 4.55. The van der Waals surface area contributed by atoms with Gasteiger partial charge in [0.05, 0.1) is 5.54 Å². The summed E-state index contributed by atoms with van der Waals surface area (Å²) in [5.74, 6) is 2.03. The molecule has 1 heterocycles. The molecule has 5 heteroatoms. The van der Waals surface area contributed by atoms with Crippen LogP contribution >= 0.6 is 0 Å². The highest BCUT2D eigenvalue weighted by Gasteiger charge is 2.37. The van der Waals surface area contributed by atoms with Crippen molar-refractivity contribution < 1.29 is 9.63 Å². The molecule has 1 fully saturated rings. The number of hydrogen-bond donors (Lipinski definition) is 2. The number of aromatic hydroxyl groups is 1. The smallest absolute Gasteiger partial charge is 0.247 e. The molecule has 0 bridgehead atoms. The fourth-order valence-electron chi connectivity index (χ4n) is 2.97. The van der Waals surface area contributed by atoms with E-state index in [-0.39, 0.29) is 5.75 Å². The largest absolute Gasteiger partial charge is 0.508 e. The maximum Gasteiger partial charge on any atom is 0.247 e. The number of hydrogen-bond acceptors (Lipinski definition) is 5. The van der Waals surface area contributed by atoms with Crippen LogP contribution in [0.2, 0.25) is 0 Å². The number of nitrogens with two attached hydrogens (primary N) is 1. The van der Waals surface area contributed by atoms with Crippen LogP contribution in [-0.4, -0.2) is 15.2 Å². The molecule has 2 aromatic rings. The van der Waals surface area contributed by atoms with Crippen LogP contribution in [0.5, 0.6) is 5.75 Å². The Balaban J connectivity index is 1.80. The summed E-state index contributed by atoms with van der Waals surface area (Å²) in [5.41, 5.74) is 6.80. The Morgan fingerprint density at radius 1 is 1.29 bits per heavy atom. The Labute approximate surface area is 124 Å². The Kier molecular flexibility index (Phi) is 3.68. The monoisotopic (exact) mass is 287 g/mol. The lowest BCUT2D eigenvalue weighted by atomic mass is 9.76. The number of benzene rings is 1. The molecule has 0 unspecified atom stereocenters. The normalized spacial score (nSPS) is 25.9. The molecule has 3 N–H and O–H groups in total. The van der Waals surface area contributed by atoms with E-state index in [0.29, 0.717) is 11.7 Å². The topological polar surface area (TPSA) is 85.2 Å². The van der Waals surface area contributed by atoms with Gasteiger partial charge in [-0.05, 0) is 55.9 Å². The SMILES string of the molecule is CCC1CCC(N)(c2nc(-c3ccc(O)cc3)no2)CC1. The minimum absolute atomic E-state index is 0.218. The van der Waals surface area contributed by atoms with E-state index in [1.807, 2.05) is 0 Å². The van der Waals surface area contributed by atoms with E-state index in [0.717, 1.165) is 37.2 Å². The van der Waals surface area contributed by atoms with Crippen LogP contribution in [0.15, 0.2) is 28.8 Å². The summed E-state index contributed by atoms with van der Waals surface area (Å²) in [6, 6.07) is 6.74. The molecule has 112 valence electrons. The van der Waals surface area contributed by atoms with Gasteiger partial charge < -0.3 is 15.4 Å². The van der Waals surface area contributed by atoms with Crippen molar-refractivity contribution in [3.05, 3.63) is 30.2 Å². The van der Waals surface area contributed by atoms with E-state index in [9.17, 15) is 5.11 Å². The Morgan fingerprint density at radius 3 is 2.57 bits per heavy atom. The van der Waals surface area contributed by atoms with Gasteiger partial charge in [0, 0.05) is 5.56 Å². The summed E-state index contributed by atoms with van der Waals surface area (Å²) in [5, 5.41) is 13.3. The molecule has 3 rings (SSSR count). The third kappa shape index (κ3) is 2.78. The van der Waals surface area contributed by atoms with Gasteiger partial charge >= 0.3 is 0 Å². The molecule has 0 radical (unpaired) electrons. The van der Waals surface area contributed by atoms with Crippen molar-refractivity contribution in [2.45, 2.75) is 44.6 Å². The van der Waals surface area contributed by atoms with Crippen LogP contribution in [0.1, 0.15) is 44.9 Å². The number of rotatable bonds is 3. The molecule has 1 aliphatic rings. The van der Waals surface area contributed by atoms with E-state index in [4.69, 9.17) is 10.3 Å². The highest BCUT2D eigenvalue weighted by molar-refractivity contribution is 5.55. The predicted octanol–water partition coefficient (Wildman–Crippen LogP) is 3.20. The maximum absolute atomic E-state index is 9.32. The summed E-state index contributed by atoms with van der Waals surface area (Å²) >= 11 is 0. The number of nitrogens with zero attached hydrogens (tertiary/aromatic N) is 2. The van der Waals surface area contributed by atoms with Gasteiger partial charge in [-0.3, -0.25) is 0 Å². The molecule has 0 saturated heterocycles. The van der Waals surface area contributed by atoms with Crippen molar-refractivity contribution in [2.24, 2.45) is 11.7 Å². The van der Waals surface area contributed by atoms with E-state index in [2.05, 4.69) is 17.1 Å². The van der Waals surface area contributed by atoms with Crippen LogP contribution in [0.4, 0.5) is 0 Å². The molecule has 0 aliphatic heterocycles. The molecule has 0 amide bonds. The van der Waals surface area contributed by atoms with Gasteiger partial charge in [0.1, 0.15) is 5.75 Å². The summed E-state index contributed by atoms with van der Waals surface area (Å²) in [7, 11) is 0. The third-order valence-electron chi connectivity index (χ3n) is 4.55.